The Morgan fingerprint density at radius 1 is 1.65 bits per heavy atom. The van der Waals surface area contributed by atoms with E-state index in [1.807, 2.05) is 0 Å². The Kier molecular flexibility index (Phi) is 3.44. The number of ether oxygens (including phenoxy) is 1. The van der Waals surface area contributed by atoms with Crippen LogP contribution in [0.3, 0.4) is 0 Å². The highest BCUT2D eigenvalue weighted by molar-refractivity contribution is 5.75. The van der Waals surface area contributed by atoms with Crippen LogP contribution in [0.1, 0.15) is 36.1 Å². The highest BCUT2D eigenvalue weighted by atomic mass is 16.5. The van der Waals surface area contributed by atoms with Crippen molar-refractivity contribution in [3.8, 4) is 0 Å². The van der Waals surface area contributed by atoms with Gasteiger partial charge in [-0.2, -0.15) is 5.10 Å². The smallest absolute Gasteiger partial charge is 0.325 e. The van der Waals surface area contributed by atoms with Gasteiger partial charge in [-0.15, -0.1) is 0 Å². The first-order valence-electron chi connectivity index (χ1n) is 5.69. The van der Waals surface area contributed by atoms with Gasteiger partial charge in [0.25, 0.3) is 0 Å². The number of nitrogens with two attached hydrogens (primary N) is 1. The quantitative estimate of drug-likeness (QED) is 0.796. The molecular weight excluding hydrogens is 222 g/mol. The van der Waals surface area contributed by atoms with Crippen LogP contribution >= 0.6 is 0 Å². The summed E-state index contributed by atoms with van der Waals surface area (Å²) in [5.74, 6) is -0.767. The third-order valence-corrected chi connectivity index (χ3v) is 3.10. The summed E-state index contributed by atoms with van der Waals surface area (Å²) in [6.45, 7) is 1.39. The highest BCUT2D eigenvalue weighted by Crippen LogP contribution is 2.30. The van der Waals surface area contributed by atoms with Crippen LogP contribution in [0.5, 0.6) is 0 Å². The van der Waals surface area contributed by atoms with Gasteiger partial charge in [0, 0.05) is 37.9 Å². The Morgan fingerprint density at radius 2 is 2.29 bits per heavy atom. The maximum atomic E-state index is 11.0. The number of nitrogens with zero attached hydrogens (tertiary/aromatic N) is 2. The Labute approximate surface area is 99.4 Å². The minimum Gasteiger partial charge on any atom is -0.480 e. The second-order valence-corrected chi connectivity index (χ2v) is 4.35. The molecule has 2 rings (SSSR count). The van der Waals surface area contributed by atoms with E-state index in [9.17, 15) is 4.79 Å². The molecule has 94 valence electrons. The van der Waals surface area contributed by atoms with Gasteiger partial charge < -0.3 is 15.6 Å². The van der Waals surface area contributed by atoms with Crippen molar-refractivity contribution in [2.75, 3.05) is 13.2 Å². The van der Waals surface area contributed by atoms with Crippen molar-refractivity contribution in [3.05, 3.63) is 17.5 Å². The summed E-state index contributed by atoms with van der Waals surface area (Å²) in [4.78, 5) is 11.0. The fourth-order valence-electron chi connectivity index (χ4n) is 2.18. The van der Waals surface area contributed by atoms with Crippen LogP contribution in [0, 0.1) is 0 Å². The predicted octanol–water partition coefficient (Wildman–Crippen LogP) is 0.398. The molecule has 1 aromatic heterocycles. The number of carboxylic acid groups (broad SMARTS) is 1. The molecular formula is C11H17N3O3. The molecule has 1 atom stereocenters. The van der Waals surface area contributed by atoms with Crippen LogP contribution in [-0.2, 0) is 16.6 Å². The number of carboxylic acids is 1. The molecule has 0 aliphatic carbocycles. The zero-order valence-electron chi connectivity index (χ0n) is 9.80. The maximum Gasteiger partial charge on any atom is 0.325 e. The second-order valence-electron chi connectivity index (χ2n) is 4.35. The van der Waals surface area contributed by atoms with Crippen LogP contribution in [0.25, 0.3) is 0 Å². The standard InChI is InChI=1S/C11H17N3O3/c1-14-6-8(9(12)11(15)16)10(13-14)7-2-4-17-5-3-7/h6-7,9H,2-5,12H2,1H3,(H,15,16). The predicted molar refractivity (Wildman–Crippen MR) is 60.6 cm³/mol. The fourth-order valence-corrected chi connectivity index (χ4v) is 2.18. The molecule has 2 heterocycles. The molecule has 0 amide bonds. The molecule has 1 saturated heterocycles. The van der Waals surface area contributed by atoms with Gasteiger partial charge in [-0.25, -0.2) is 0 Å². The summed E-state index contributed by atoms with van der Waals surface area (Å²) in [5.41, 5.74) is 7.10. The molecule has 1 aliphatic heterocycles. The minimum absolute atomic E-state index is 0.255. The molecule has 3 N–H and O–H groups in total. The zero-order valence-corrected chi connectivity index (χ0v) is 9.80. The lowest BCUT2D eigenvalue weighted by Crippen LogP contribution is -2.23. The molecule has 1 aliphatic rings. The van der Waals surface area contributed by atoms with Crippen molar-refractivity contribution in [2.45, 2.75) is 24.8 Å². The lowest BCUT2D eigenvalue weighted by atomic mass is 9.92. The Hall–Kier alpha value is -1.40. The molecule has 1 aromatic rings. The summed E-state index contributed by atoms with van der Waals surface area (Å²) < 4.78 is 6.92. The van der Waals surface area contributed by atoms with E-state index in [4.69, 9.17) is 15.6 Å². The average molecular weight is 239 g/mol. The summed E-state index contributed by atoms with van der Waals surface area (Å²) >= 11 is 0. The first kappa shape index (κ1) is 12.1. The SMILES string of the molecule is Cn1cc(C(N)C(=O)O)c(C2CCOCC2)n1. The van der Waals surface area contributed by atoms with Gasteiger partial charge in [-0.05, 0) is 12.8 Å². The number of hydrogen-bond donors (Lipinski definition) is 2. The fraction of sp³-hybridized carbons (Fsp3) is 0.636. The zero-order chi connectivity index (χ0) is 12.4. The number of aliphatic carboxylic acids is 1. The molecule has 0 radical (unpaired) electrons. The molecule has 0 spiro atoms. The van der Waals surface area contributed by atoms with Gasteiger partial charge in [-0.1, -0.05) is 0 Å². The molecule has 0 saturated carbocycles. The van der Waals surface area contributed by atoms with Gasteiger partial charge in [0.05, 0.1) is 5.69 Å². The van der Waals surface area contributed by atoms with Crippen LogP contribution in [-0.4, -0.2) is 34.1 Å². The van der Waals surface area contributed by atoms with Gasteiger partial charge in [0.1, 0.15) is 6.04 Å². The van der Waals surface area contributed by atoms with Crippen molar-refractivity contribution >= 4 is 5.97 Å². The van der Waals surface area contributed by atoms with E-state index in [1.54, 1.807) is 17.9 Å². The molecule has 6 heteroatoms. The van der Waals surface area contributed by atoms with E-state index in [0.717, 1.165) is 18.5 Å². The van der Waals surface area contributed by atoms with Crippen molar-refractivity contribution in [2.24, 2.45) is 12.8 Å². The Balaban J connectivity index is 2.29. The van der Waals surface area contributed by atoms with Crippen LogP contribution < -0.4 is 5.73 Å². The van der Waals surface area contributed by atoms with E-state index >= 15 is 0 Å². The summed E-state index contributed by atoms with van der Waals surface area (Å²) in [5, 5.41) is 13.3. The van der Waals surface area contributed by atoms with E-state index in [0.29, 0.717) is 18.8 Å². The first-order chi connectivity index (χ1) is 8.09. The van der Waals surface area contributed by atoms with Crippen LogP contribution in [0.2, 0.25) is 0 Å². The number of carbonyl (C=O) groups is 1. The maximum absolute atomic E-state index is 11.0. The number of aryl methyl sites for hydroxylation is 1. The molecule has 1 unspecified atom stereocenters. The van der Waals surface area contributed by atoms with Crippen LogP contribution in [0.15, 0.2) is 6.20 Å². The van der Waals surface area contributed by atoms with E-state index < -0.39 is 12.0 Å². The van der Waals surface area contributed by atoms with Crippen molar-refractivity contribution in [3.63, 3.8) is 0 Å². The molecule has 0 bridgehead atoms. The topological polar surface area (TPSA) is 90.4 Å². The summed E-state index contributed by atoms with van der Waals surface area (Å²) in [6, 6.07) is -0.999. The molecule has 1 fully saturated rings. The van der Waals surface area contributed by atoms with Crippen LogP contribution in [0.4, 0.5) is 0 Å². The summed E-state index contributed by atoms with van der Waals surface area (Å²) in [7, 11) is 1.78. The average Bonchev–Trinajstić information content (AvgIpc) is 2.71. The van der Waals surface area contributed by atoms with E-state index in [-0.39, 0.29) is 5.92 Å². The van der Waals surface area contributed by atoms with Crippen molar-refractivity contribution in [1.82, 2.24) is 9.78 Å². The van der Waals surface area contributed by atoms with Gasteiger partial charge >= 0.3 is 5.97 Å². The lowest BCUT2D eigenvalue weighted by molar-refractivity contribution is -0.138. The normalized spacial score (nSPS) is 19.2. The number of rotatable bonds is 3. The van der Waals surface area contributed by atoms with Gasteiger partial charge in [0.15, 0.2) is 0 Å². The second kappa shape index (κ2) is 4.85. The van der Waals surface area contributed by atoms with E-state index in [2.05, 4.69) is 5.10 Å². The lowest BCUT2D eigenvalue weighted by Gasteiger charge is -2.22. The van der Waals surface area contributed by atoms with Crippen molar-refractivity contribution in [1.29, 1.82) is 0 Å². The first-order valence-corrected chi connectivity index (χ1v) is 5.69. The minimum atomic E-state index is -1.02. The number of hydrogen-bond acceptors (Lipinski definition) is 4. The molecule has 6 nitrogen and oxygen atoms in total. The monoisotopic (exact) mass is 239 g/mol. The van der Waals surface area contributed by atoms with Gasteiger partial charge in [0.2, 0.25) is 0 Å². The highest BCUT2D eigenvalue weighted by Gasteiger charge is 2.27. The molecule has 17 heavy (non-hydrogen) atoms. The molecule has 0 aromatic carbocycles. The third kappa shape index (κ3) is 2.48. The third-order valence-electron chi connectivity index (χ3n) is 3.10. The summed E-state index contributed by atoms with van der Waals surface area (Å²) in [6.07, 6.45) is 3.44. The van der Waals surface area contributed by atoms with E-state index in [1.165, 1.54) is 0 Å². The Bertz CT molecular complexity index is 410. The number of aromatic nitrogens is 2. The Morgan fingerprint density at radius 3 is 2.88 bits per heavy atom. The van der Waals surface area contributed by atoms with Crippen molar-refractivity contribution < 1.29 is 14.6 Å². The van der Waals surface area contributed by atoms with Gasteiger partial charge in [-0.3, -0.25) is 9.48 Å². The largest absolute Gasteiger partial charge is 0.480 e.